The molecule has 0 bridgehead atoms. The molecular weight excluding hydrogens is 286 g/mol. The van der Waals surface area contributed by atoms with E-state index in [1.165, 1.54) is 42.5 Å². The van der Waals surface area contributed by atoms with Gasteiger partial charge in [0.1, 0.15) is 11.3 Å². The topological polar surface area (TPSA) is 89.7 Å². The minimum atomic E-state index is -1.18. The molecule has 0 aliphatic rings. The molecule has 7 heteroatoms. The summed E-state index contributed by atoms with van der Waals surface area (Å²) in [7, 11) is 0. The van der Waals surface area contributed by atoms with Crippen molar-refractivity contribution in [2.45, 2.75) is 0 Å². The molecule has 2 rings (SSSR count). The van der Waals surface area contributed by atoms with Crippen LogP contribution in [0.25, 0.3) is 0 Å². The van der Waals surface area contributed by atoms with Crippen molar-refractivity contribution in [3.8, 4) is 11.5 Å². The lowest BCUT2D eigenvalue weighted by Crippen LogP contribution is -2.00. The quantitative estimate of drug-likeness (QED) is 0.685. The number of ether oxygens (including phenoxy) is 1. The van der Waals surface area contributed by atoms with Crippen molar-refractivity contribution in [1.29, 1.82) is 0 Å². The van der Waals surface area contributed by atoms with Gasteiger partial charge in [0.05, 0.1) is 9.95 Å². The number of nitrogens with zero attached hydrogens (tertiary/aromatic N) is 1. The van der Waals surface area contributed by atoms with Crippen LogP contribution in [-0.2, 0) is 0 Å². The lowest BCUT2D eigenvalue weighted by Gasteiger charge is -2.10. The van der Waals surface area contributed by atoms with Crippen LogP contribution >= 0.6 is 11.6 Å². The van der Waals surface area contributed by atoms with Crippen molar-refractivity contribution in [2.24, 2.45) is 0 Å². The van der Waals surface area contributed by atoms with E-state index in [4.69, 9.17) is 21.4 Å². The average molecular weight is 294 g/mol. The molecule has 0 saturated carbocycles. The molecule has 2 aromatic rings. The van der Waals surface area contributed by atoms with Crippen molar-refractivity contribution < 1.29 is 19.6 Å². The Hall–Kier alpha value is -2.60. The van der Waals surface area contributed by atoms with Gasteiger partial charge in [-0.2, -0.15) is 0 Å². The molecule has 0 aliphatic heterocycles. The van der Waals surface area contributed by atoms with Crippen LogP contribution in [0.5, 0.6) is 11.5 Å². The number of nitro benzene ring substituents is 1. The monoisotopic (exact) mass is 293 g/mol. The molecular formula is C13H8ClNO5. The number of hydrogen-bond acceptors (Lipinski definition) is 4. The maximum atomic E-state index is 11.1. The van der Waals surface area contributed by atoms with Gasteiger partial charge in [-0.15, -0.1) is 0 Å². The summed E-state index contributed by atoms with van der Waals surface area (Å²) in [5.41, 5.74) is -0.175. The second-order valence-corrected chi connectivity index (χ2v) is 4.18. The largest absolute Gasteiger partial charge is 0.478 e. The third-order valence-corrected chi connectivity index (χ3v) is 2.76. The Bertz CT molecular complexity index is 669. The number of hydrogen-bond donors (Lipinski definition) is 1. The van der Waals surface area contributed by atoms with E-state index in [0.717, 1.165) is 0 Å². The summed E-state index contributed by atoms with van der Waals surface area (Å²) in [6.07, 6.45) is 0. The Morgan fingerprint density at radius 1 is 1.20 bits per heavy atom. The highest BCUT2D eigenvalue weighted by atomic mass is 35.5. The van der Waals surface area contributed by atoms with Crippen LogP contribution in [0.15, 0.2) is 42.5 Å². The molecule has 20 heavy (non-hydrogen) atoms. The van der Waals surface area contributed by atoms with Crippen LogP contribution in [0.1, 0.15) is 10.4 Å². The van der Waals surface area contributed by atoms with E-state index in [-0.39, 0.29) is 27.8 Å². The third kappa shape index (κ3) is 2.86. The maximum absolute atomic E-state index is 11.1. The molecule has 1 N–H and O–H groups in total. The summed E-state index contributed by atoms with van der Waals surface area (Å²) in [6, 6.07) is 9.59. The van der Waals surface area contributed by atoms with Gasteiger partial charge in [0.15, 0.2) is 5.75 Å². The molecule has 0 spiro atoms. The third-order valence-electron chi connectivity index (χ3n) is 2.46. The van der Waals surface area contributed by atoms with E-state index >= 15 is 0 Å². The molecule has 0 atom stereocenters. The smallest absolute Gasteiger partial charge is 0.339 e. The fraction of sp³-hybridized carbons (Fsp3) is 0. The molecule has 0 radical (unpaired) electrons. The number of aromatic carboxylic acids is 1. The number of carbonyl (C=O) groups is 1. The van der Waals surface area contributed by atoms with E-state index in [0.29, 0.717) is 0 Å². The van der Waals surface area contributed by atoms with E-state index in [1.807, 2.05) is 0 Å². The number of rotatable bonds is 4. The SMILES string of the molecule is O=C(O)c1cccc(Cl)c1Oc1ccc([N+](=O)[O-])cc1. The van der Waals surface area contributed by atoms with Gasteiger partial charge in [-0.05, 0) is 24.3 Å². The van der Waals surface area contributed by atoms with Gasteiger partial charge in [0.2, 0.25) is 0 Å². The standard InChI is InChI=1S/C13H8ClNO5/c14-11-3-1-2-10(13(16)17)12(11)20-9-6-4-8(5-7-9)15(18)19/h1-7H,(H,16,17). The zero-order valence-electron chi connectivity index (χ0n) is 9.95. The van der Waals surface area contributed by atoms with Crippen LogP contribution in [-0.4, -0.2) is 16.0 Å². The van der Waals surface area contributed by atoms with Crippen molar-refractivity contribution in [3.05, 3.63) is 63.2 Å². The van der Waals surface area contributed by atoms with Gasteiger partial charge < -0.3 is 9.84 Å². The van der Waals surface area contributed by atoms with Crippen molar-refractivity contribution in [3.63, 3.8) is 0 Å². The van der Waals surface area contributed by atoms with Crippen molar-refractivity contribution in [1.82, 2.24) is 0 Å². The summed E-state index contributed by atoms with van der Waals surface area (Å²) in [5.74, 6) is -0.925. The van der Waals surface area contributed by atoms with Gasteiger partial charge in [0, 0.05) is 12.1 Å². The van der Waals surface area contributed by atoms with Crippen molar-refractivity contribution in [2.75, 3.05) is 0 Å². The zero-order chi connectivity index (χ0) is 14.7. The number of carboxylic acids is 1. The molecule has 6 nitrogen and oxygen atoms in total. The van der Waals surface area contributed by atoms with Gasteiger partial charge in [-0.25, -0.2) is 4.79 Å². The Morgan fingerprint density at radius 2 is 1.85 bits per heavy atom. The average Bonchev–Trinajstić information content (AvgIpc) is 2.41. The van der Waals surface area contributed by atoms with Gasteiger partial charge >= 0.3 is 5.97 Å². The number of nitro groups is 1. The second kappa shape index (κ2) is 5.58. The number of benzene rings is 2. The minimum absolute atomic E-state index is 0.00415. The fourth-order valence-corrected chi connectivity index (χ4v) is 1.75. The molecule has 0 amide bonds. The van der Waals surface area contributed by atoms with Gasteiger partial charge in [0.25, 0.3) is 5.69 Å². The molecule has 0 aliphatic carbocycles. The van der Waals surface area contributed by atoms with Crippen molar-refractivity contribution >= 4 is 23.3 Å². The minimum Gasteiger partial charge on any atom is -0.478 e. The molecule has 0 saturated heterocycles. The highest BCUT2D eigenvalue weighted by Crippen LogP contribution is 2.33. The van der Waals surface area contributed by atoms with Gasteiger partial charge in [-0.1, -0.05) is 17.7 Å². The van der Waals surface area contributed by atoms with E-state index < -0.39 is 10.9 Å². The summed E-state index contributed by atoms with van der Waals surface area (Å²) in [5, 5.41) is 19.7. The first kappa shape index (κ1) is 13.8. The predicted molar refractivity (Wildman–Crippen MR) is 71.6 cm³/mol. The van der Waals surface area contributed by atoms with E-state index in [9.17, 15) is 14.9 Å². The highest BCUT2D eigenvalue weighted by molar-refractivity contribution is 6.32. The number of non-ortho nitro benzene ring substituents is 1. The molecule has 102 valence electrons. The molecule has 2 aromatic carbocycles. The molecule has 0 fully saturated rings. The summed E-state index contributed by atoms with van der Waals surface area (Å²) >= 11 is 5.91. The second-order valence-electron chi connectivity index (χ2n) is 3.77. The first-order chi connectivity index (χ1) is 9.49. The number of halogens is 1. The Morgan fingerprint density at radius 3 is 2.40 bits per heavy atom. The summed E-state index contributed by atoms with van der Waals surface area (Å²) in [6.45, 7) is 0. The summed E-state index contributed by atoms with van der Waals surface area (Å²) < 4.78 is 5.40. The zero-order valence-corrected chi connectivity index (χ0v) is 10.7. The predicted octanol–water partition coefficient (Wildman–Crippen LogP) is 3.74. The van der Waals surface area contributed by atoms with E-state index in [1.54, 1.807) is 0 Å². The molecule has 0 heterocycles. The lowest BCUT2D eigenvalue weighted by molar-refractivity contribution is -0.384. The highest BCUT2D eigenvalue weighted by Gasteiger charge is 2.15. The Balaban J connectivity index is 2.34. The van der Waals surface area contributed by atoms with Crippen LogP contribution < -0.4 is 4.74 Å². The fourth-order valence-electron chi connectivity index (χ4n) is 1.53. The van der Waals surface area contributed by atoms with Crippen LogP contribution in [0.2, 0.25) is 5.02 Å². The van der Waals surface area contributed by atoms with Crippen LogP contribution in [0.4, 0.5) is 5.69 Å². The molecule has 0 unspecified atom stereocenters. The first-order valence-electron chi connectivity index (χ1n) is 5.43. The van der Waals surface area contributed by atoms with E-state index in [2.05, 4.69) is 0 Å². The first-order valence-corrected chi connectivity index (χ1v) is 5.81. The number of para-hydroxylation sites is 1. The normalized spacial score (nSPS) is 10.1. The summed E-state index contributed by atoms with van der Waals surface area (Å²) in [4.78, 5) is 21.1. The van der Waals surface area contributed by atoms with Crippen LogP contribution in [0, 0.1) is 10.1 Å². The lowest BCUT2D eigenvalue weighted by atomic mass is 10.2. The van der Waals surface area contributed by atoms with Gasteiger partial charge in [-0.3, -0.25) is 10.1 Å². The Kier molecular flexibility index (Phi) is 3.86. The maximum Gasteiger partial charge on any atom is 0.339 e. The Labute approximate surface area is 118 Å². The van der Waals surface area contributed by atoms with Crippen LogP contribution in [0.3, 0.4) is 0 Å². The number of carboxylic acid groups (broad SMARTS) is 1. The molecule has 0 aromatic heterocycles.